The molecule has 3 nitrogen and oxygen atoms in total. The van der Waals surface area contributed by atoms with Crippen LogP contribution in [0.2, 0.25) is 0 Å². The minimum atomic E-state index is 0.166. The number of hydrogen-bond donors (Lipinski definition) is 1. The van der Waals surface area contributed by atoms with Gasteiger partial charge in [-0.3, -0.25) is 9.59 Å². The van der Waals surface area contributed by atoms with Crippen molar-refractivity contribution < 1.29 is 9.59 Å². The first-order chi connectivity index (χ1) is 7.33. The number of ketones is 1. The van der Waals surface area contributed by atoms with Crippen molar-refractivity contribution in [1.29, 1.82) is 0 Å². The zero-order valence-corrected chi connectivity index (χ0v) is 8.92. The van der Waals surface area contributed by atoms with Crippen molar-refractivity contribution in [3.05, 3.63) is 11.3 Å². The third-order valence-electron chi connectivity index (χ3n) is 3.21. The number of carbonyl (C=O) groups is 2. The largest absolute Gasteiger partial charge is 0.326 e. The van der Waals surface area contributed by atoms with Gasteiger partial charge in [-0.2, -0.15) is 0 Å². The molecular formula is C12H17NO2. The number of allylic oxidation sites excluding steroid dienone is 2. The number of Topliss-reactive ketones (excluding diaryl/α,β-unsaturated/α-hetero) is 1. The first-order valence-corrected chi connectivity index (χ1v) is 5.79. The molecule has 2 rings (SSSR count). The van der Waals surface area contributed by atoms with E-state index in [0.29, 0.717) is 12.1 Å². The Morgan fingerprint density at radius 3 is 2.40 bits per heavy atom. The van der Waals surface area contributed by atoms with Crippen molar-refractivity contribution in [2.75, 3.05) is 0 Å². The number of carbonyl (C=O) groups excluding carboxylic acids is 2. The molecular weight excluding hydrogens is 190 g/mol. The van der Waals surface area contributed by atoms with Gasteiger partial charge in [0.15, 0.2) is 5.78 Å². The molecule has 0 heterocycles. The van der Waals surface area contributed by atoms with E-state index >= 15 is 0 Å². The van der Waals surface area contributed by atoms with Crippen molar-refractivity contribution in [1.82, 2.24) is 5.32 Å². The molecule has 1 N–H and O–H groups in total. The summed E-state index contributed by atoms with van der Waals surface area (Å²) in [6.45, 7) is 0. The number of nitrogens with one attached hydrogen (secondary N) is 1. The highest BCUT2D eigenvalue weighted by Crippen LogP contribution is 2.34. The van der Waals surface area contributed by atoms with Crippen LogP contribution >= 0.6 is 0 Å². The lowest BCUT2D eigenvalue weighted by Gasteiger charge is -2.17. The summed E-state index contributed by atoms with van der Waals surface area (Å²) in [5, 5.41) is 2.62. The van der Waals surface area contributed by atoms with Gasteiger partial charge in [0.25, 0.3) is 0 Å². The molecule has 82 valence electrons. The highest BCUT2D eigenvalue weighted by molar-refractivity contribution is 6.00. The predicted octanol–water partition coefficient (Wildman–Crippen LogP) is 1.93. The molecule has 0 unspecified atom stereocenters. The average Bonchev–Trinajstić information content (AvgIpc) is 3.10. The maximum atomic E-state index is 11.9. The zero-order valence-electron chi connectivity index (χ0n) is 8.92. The Balaban J connectivity index is 2.14. The van der Waals surface area contributed by atoms with Gasteiger partial charge in [0.2, 0.25) is 6.41 Å². The molecule has 0 aromatic carbocycles. The molecule has 1 amide bonds. The van der Waals surface area contributed by atoms with E-state index in [9.17, 15) is 9.59 Å². The minimum Gasteiger partial charge on any atom is -0.326 e. The Labute approximate surface area is 89.9 Å². The summed E-state index contributed by atoms with van der Waals surface area (Å²) in [6, 6.07) is 0. The van der Waals surface area contributed by atoms with Crippen LogP contribution in [-0.2, 0) is 9.59 Å². The van der Waals surface area contributed by atoms with E-state index in [-0.39, 0.29) is 11.7 Å². The molecule has 0 spiro atoms. The third kappa shape index (κ3) is 2.46. The molecule has 2 aliphatic rings. The van der Waals surface area contributed by atoms with Crippen molar-refractivity contribution in [2.24, 2.45) is 5.92 Å². The predicted molar refractivity (Wildman–Crippen MR) is 57.0 cm³/mol. The molecule has 0 atom stereocenters. The normalized spacial score (nSPS) is 20.9. The first kappa shape index (κ1) is 10.4. The second-order valence-corrected chi connectivity index (χ2v) is 4.44. The van der Waals surface area contributed by atoms with Gasteiger partial charge in [-0.25, -0.2) is 0 Å². The van der Waals surface area contributed by atoms with Crippen molar-refractivity contribution in [3.8, 4) is 0 Å². The van der Waals surface area contributed by atoms with E-state index in [2.05, 4.69) is 5.32 Å². The maximum absolute atomic E-state index is 11.9. The summed E-state index contributed by atoms with van der Waals surface area (Å²) in [5.74, 6) is 0.362. The molecule has 0 aliphatic heterocycles. The average molecular weight is 207 g/mol. The van der Waals surface area contributed by atoms with Crippen LogP contribution in [0.25, 0.3) is 0 Å². The fraction of sp³-hybridized carbons (Fsp3) is 0.667. The lowest BCUT2D eigenvalue weighted by Crippen LogP contribution is -2.23. The summed E-state index contributed by atoms with van der Waals surface area (Å²) in [5.41, 5.74) is 1.79. The Morgan fingerprint density at radius 2 is 1.87 bits per heavy atom. The van der Waals surface area contributed by atoms with Crippen LogP contribution in [0.5, 0.6) is 0 Å². The van der Waals surface area contributed by atoms with E-state index in [1.54, 1.807) is 0 Å². The summed E-state index contributed by atoms with van der Waals surface area (Å²) in [7, 11) is 0. The monoisotopic (exact) mass is 207 g/mol. The highest BCUT2D eigenvalue weighted by Gasteiger charge is 2.33. The van der Waals surface area contributed by atoms with Gasteiger partial charge in [0, 0.05) is 5.92 Å². The molecule has 2 aliphatic carbocycles. The third-order valence-corrected chi connectivity index (χ3v) is 3.21. The van der Waals surface area contributed by atoms with Gasteiger partial charge in [0.05, 0.1) is 5.70 Å². The van der Waals surface area contributed by atoms with Gasteiger partial charge < -0.3 is 5.32 Å². The summed E-state index contributed by atoms with van der Waals surface area (Å²) in [6.07, 6.45) is 8.14. The van der Waals surface area contributed by atoms with E-state index in [0.717, 1.165) is 38.5 Å². The molecule has 0 aromatic heterocycles. The van der Waals surface area contributed by atoms with Crippen molar-refractivity contribution in [3.63, 3.8) is 0 Å². The molecule has 15 heavy (non-hydrogen) atoms. The molecule has 0 bridgehead atoms. The number of hydrogen-bond acceptors (Lipinski definition) is 2. The number of rotatable bonds is 4. The quantitative estimate of drug-likeness (QED) is 0.565. The molecule has 0 aromatic rings. The molecule has 0 saturated heterocycles. The van der Waals surface area contributed by atoms with Crippen LogP contribution in [0, 0.1) is 5.92 Å². The van der Waals surface area contributed by atoms with Crippen LogP contribution in [0.1, 0.15) is 44.9 Å². The lowest BCUT2D eigenvalue weighted by molar-refractivity contribution is -0.118. The minimum absolute atomic E-state index is 0.166. The second kappa shape index (κ2) is 4.60. The second-order valence-electron chi connectivity index (χ2n) is 4.44. The van der Waals surface area contributed by atoms with Crippen LogP contribution in [0.15, 0.2) is 11.3 Å². The fourth-order valence-electron chi connectivity index (χ4n) is 2.18. The van der Waals surface area contributed by atoms with E-state index in [1.165, 1.54) is 12.0 Å². The van der Waals surface area contributed by atoms with Crippen LogP contribution < -0.4 is 5.32 Å². The fourth-order valence-corrected chi connectivity index (χ4v) is 2.18. The summed E-state index contributed by atoms with van der Waals surface area (Å²) >= 11 is 0. The van der Waals surface area contributed by atoms with Crippen molar-refractivity contribution >= 4 is 12.2 Å². The summed E-state index contributed by atoms with van der Waals surface area (Å²) < 4.78 is 0. The highest BCUT2D eigenvalue weighted by atomic mass is 16.1. The van der Waals surface area contributed by atoms with E-state index in [4.69, 9.17) is 0 Å². The Morgan fingerprint density at radius 1 is 1.20 bits per heavy atom. The van der Waals surface area contributed by atoms with Gasteiger partial charge in [-0.05, 0) is 44.1 Å². The number of amides is 1. The van der Waals surface area contributed by atoms with Crippen LogP contribution in [0.3, 0.4) is 0 Å². The van der Waals surface area contributed by atoms with Gasteiger partial charge >= 0.3 is 0 Å². The van der Waals surface area contributed by atoms with E-state index in [1.807, 2.05) is 0 Å². The SMILES string of the molecule is O=CNC(C(=O)C1CC1)=C1CCCCC1. The Bertz CT molecular complexity index is 295. The lowest BCUT2D eigenvalue weighted by atomic mass is 9.91. The molecule has 2 saturated carbocycles. The Kier molecular flexibility index (Phi) is 3.19. The smallest absolute Gasteiger partial charge is 0.211 e. The summed E-state index contributed by atoms with van der Waals surface area (Å²) in [4.78, 5) is 22.4. The maximum Gasteiger partial charge on any atom is 0.211 e. The molecule has 0 radical (unpaired) electrons. The van der Waals surface area contributed by atoms with Crippen molar-refractivity contribution in [2.45, 2.75) is 44.9 Å². The van der Waals surface area contributed by atoms with Gasteiger partial charge in [-0.1, -0.05) is 6.42 Å². The molecule has 2 fully saturated rings. The zero-order chi connectivity index (χ0) is 10.7. The van der Waals surface area contributed by atoms with Gasteiger partial charge in [0.1, 0.15) is 0 Å². The molecule has 3 heteroatoms. The van der Waals surface area contributed by atoms with E-state index < -0.39 is 0 Å². The Hall–Kier alpha value is -1.12. The topological polar surface area (TPSA) is 46.2 Å². The first-order valence-electron chi connectivity index (χ1n) is 5.79. The van der Waals surface area contributed by atoms with Gasteiger partial charge in [-0.15, -0.1) is 0 Å². The standard InChI is InChI=1S/C12H17NO2/c14-8-13-11(12(15)10-6-7-10)9-4-2-1-3-5-9/h8,10H,1-7H2,(H,13,14). The van der Waals surface area contributed by atoms with Crippen LogP contribution in [-0.4, -0.2) is 12.2 Å². The van der Waals surface area contributed by atoms with Crippen LogP contribution in [0.4, 0.5) is 0 Å².